The summed E-state index contributed by atoms with van der Waals surface area (Å²) in [6.07, 6.45) is 0.887. The second-order valence-corrected chi connectivity index (χ2v) is 45.4. The lowest BCUT2D eigenvalue weighted by Gasteiger charge is -2.34. The molecule has 4 unspecified atom stereocenters. The van der Waals surface area contributed by atoms with Gasteiger partial charge in [-0.1, -0.05) is 111 Å². The fourth-order valence-electron chi connectivity index (χ4n) is 2.87. The molecule has 4 atom stereocenters. The summed E-state index contributed by atoms with van der Waals surface area (Å²) in [7, 11) is 0. The molecule has 0 N–H and O–H groups in total. The van der Waals surface area contributed by atoms with Crippen molar-refractivity contribution in [1.82, 2.24) is 0 Å². The fourth-order valence-corrected chi connectivity index (χ4v) is 139. The molecule has 0 amide bonds. The van der Waals surface area contributed by atoms with E-state index in [1.807, 2.05) is 0 Å². The maximum absolute atomic E-state index is 2.59. The predicted molar refractivity (Wildman–Crippen MR) is 120 cm³/mol. The highest BCUT2D eigenvalue weighted by Gasteiger charge is 2.43. The molecule has 0 spiro atoms. The van der Waals surface area contributed by atoms with Crippen LogP contribution in [-0.4, -0.2) is 0 Å². The van der Waals surface area contributed by atoms with Gasteiger partial charge in [0, 0.05) is 20.6 Å². The van der Waals surface area contributed by atoms with Gasteiger partial charge in [-0.2, -0.15) is 0 Å². The van der Waals surface area contributed by atoms with Crippen molar-refractivity contribution in [2.75, 3.05) is 0 Å². The van der Waals surface area contributed by atoms with Crippen molar-refractivity contribution < 1.29 is 0 Å². The Balaban J connectivity index is 2.95. The van der Waals surface area contributed by atoms with E-state index < -0.39 is 0 Å². The van der Waals surface area contributed by atoms with Gasteiger partial charge in [0.15, 0.2) is 0 Å². The van der Waals surface area contributed by atoms with Crippen molar-refractivity contribution in [3.8, 4) is 0 Å². The summed E-state index contributed by atoms with van der Waals surface area (Å²) in [5.41, 5.74) is 0. The van der Waals surface area contributed by atoms with Crippen molar-refractivity contribution in [2.45, 2.75) is 104 Å². The van der Waals surface area contributed by atoms with Crippen LogP contribution in [0.3, 0.4) is 0 Å². The minimum Gasteiger partial charge on any atom is -0.0684 e. The average molecular weight is 414 g/mol. The second kappa shape index (κ2) is 5.65. The first kappa shape index (κ1) is 20.1. The van der Waals surface area contributed by atoms with Crippen molar-refractivity contribution in [3.05, 3.63) is 0 Å². The summed E-state index contributed by atoms with van der Waals surface area (Å²) in [4.78, 5) is 0. The topological polar surface area (TPSA) is 0 Å². The fraction of sp³-hybridized carbons (Fsp3) is 1.00. The SMILES string of the molecule is CC(C)(C)p1p(C(C)(C)C)p2p(C(C)(C)C)p2p1C(C)(C)C. The lowest BCUT2D eigenvalue weighted by molar-refractivity contribution is 0.707. The predicted octanol–water partition coefficient (Wildman–Crippen LogP) is 10.9. The maximum atomic E-state index is 2.59. The smallest absolute Gasteiger partial charge is 0.00893 e. The highest BCUT2D eigenvalue weighted by molar-refractivity contribution is 9.00. The molecule has 0 bridgehead atoms. The molecule has 2 aromatic rings. The zero-order valence-corrected chi connectivity index (χ0v) is 22.0. The summed E-state index contributed by atoms with van der Waals surface area (Å²) in [6.45, 7) is 32.2. The van der Waals surface area contributed by atoms with Crippen LogP contribution in [-0.2, 0) is 20.6 Å². The Morgan fingerprint density at radius 1 is 0.318 bits per heavy atom. The van der Waals surface area contributed by atoms with Gasteiger partial charge in [-0.3, -0.25) is 0 Å². The maximum Gasteiger partial charge on any atom is 0.00893 e. The standard InChI is InChI=1S/C16H36P6/c1-13(2,3)17-18(14(4,5)6)21-20(16(10,11)12)22(21)19(17)15(7,8)9/h1-12H3. The molecule has 2 aromatic heterocycles. The zero-order valence-electron chi connectivity index (χ0n) is 16.7. The van der Waals surface area contributed by atoms with Crippen LogP contribution in [0.4, 0.5) is 0 Å². The third kappa shape index (κ3) is 3.51. The van der Waals surface area contributed by atoms with Crippen molar-refractivity contribution >= 4 is 40.3 Å². The molecule has 2 heterocycles. The Morgan fingerprint density at radius 3 is 0.727 bits per heavy atom. The van der Waals surface area contributed by atoms with Gasteiger partial charge in [0.05, 0.1) is 0 Å². The van der Waals surface area contributed by atoms with E-state index in [0.717, 1.165) is 0 Å². The van der Waals surface area contributed by atoms with Gasteiger partial charge in [0.1, 0.15) is 0 Å². The number of hydrogen-bond donors (Lipinski definition) is 0. The molecule has 22 heavy (non-hydrogen) atoms. The summed E-state index contributed by atoms with van der Waals surface area (Å²) in [5.74, 6) is 0. The first-order valence-corrected chi connectivity index (χ1v) is 21.3. The Labute approximate surface area is 144 Å². The van der Waals surface area contributed by atoms with Gasteiger partial charge < -0.3 is 0 Å². The molecule has 0 aromatic carbocycles. The van der Waals surface area contributed by atoms with Crippen LogP contribution in [0, 0.1) is 0 Å². The van der Waals surface area contributed by atoms with Gasteiger partial charge >= 0.3 is 0 Å². The Kier molecular flexibility index (Phi) is 5.16. The lowest BCUT2D eigenvalue weighted by Crippen LogP contribution is -2.06. The Bertz CT molecular complexity index is 632. The number of hydrogen-bond acceptors (Lipinski definition) is 0. The van der Waals surface area contributed by atoms with Crippen LogP contribution in [0.25, 0.3) is 0 Å². The second-order valence-electron chi connectivity index (χ2n) is 10.4. The molecule has 0 nitrogen and oxygen atoms in total. The van der Waals surface area contributed by atoms with Gasteiger partial charge in [0.2, 0.25) is 0 Å². The van der Waals surface area contributed by atoms with Crippen LogP contribution < -0.4 is 0 Å². The number of fused-ring (bicyclic) bond motifs is 1. The number of rotatable bonds is 0. The normalized spacial score (nSPS) is 20.2. The molecule has 0 aliphatic heterocycles. The molecule has 0 radical (unpaired) electrons. The highest BCUT2D eigenvalue weighted by Crippen LogP contribution is 3.10. The molecule has 0 saturated carbocycles. The van der Waals surface area contributed by atoms with E-state index in [1.54, 1.807) is 0 Å². The largest absolute Gasteiger partial charge is 0.0684 e. The minimum atomic E-state index is 0.251. The molecule has 0 aliphatic rings. The summed E-state index contributed by atoms with van der Waals surface area (Å²) in [5, 5.41) is 2.38. The molecule has 0 saturated heterocycles. The van der Waals surface area contributed by atoms with Gasteiger partial charge in [-0.05, 0) is 12.7 Å². The molecule has 6 heteroatoms. The average Bonchev–Trinajstić information content (AvgIpc) is 2.76. The van der Waals surface area contributed by atoms with Gasteiger partial charge in [-0.15, -0.1) is 0 Å². The van der Waals surface area contributed by atoms with Crippen molar-refractivity contribution in [2.24, 2.45) is 0 Å². The molecule has 0 fully saturated rings. The minimum absolute atomic E-state index is 0.251. The Hall–Kier alpha value is 1.80. The Morgan fingerprint density at radius 2 is 0.545 bits per heavy atom. The molecule has 2 rings (SSSR count). The first-order chi connectivity index (χ1) is 9.49. The molecule has 0 aliphatic carbocycles. The first-order valence-electron chi connectivity index (χ1n) is 8.29. The highest BCUT2D eigenvalue weighted by atomic mass is 33.0. The monoisotopic (exact) mass is 414 g/mol. The quantitative estimate of drug-likeness (QED) is 0.402. The van der Waals surface area contributed by atoms with Crippen LogP contribution in [0.1, 0.15) is 83.1 Å². The van der Waals surface area contributed by atoms with E-state index in [9.17, 15) is 0 Å². The van der Waals surface area contributed by atoms with Crippen molar-refractivity contribution in [1.29, 1.82) is 0 Å². The van der Waals surface area contributed by atoms with E-state index >= 15 is 0 Å². The molecule has 130 valence electrons. The van der Waals surface area contributed by atoms with Gasteiger partial charge in [-0.25, -0.2) is 0 Å². The van der Waals surface area contributed by atoms with Crippen LogP contribution in [0.15, 0.2) is 0 Å². The van der Waals surface area contributed by atoms with E-state index in [4.69, 9.17) is 0 Å². The van der Waals surface area contributed by atoms with E-state index in [-0.39, 0.29) is 20.7 Å². The van der Waals surface area contributed by atoms with Gasteiger partial charge in [0.25, 0.3) is 0 Å². The summed E-state index contributed by atoms with van der Waals surface area (Å²) < 4.78 is 0. The zero-order chi connectivity index (χ0) is 17.5. The van der Waals surface area contributed by atoms with Crippen LogP contribution >= 0.6 is 40.3 Å². The lowest BCUT2D eigenvalue weighted by atomic mass is 10.3. The third-order valence-electron chi connectivity index (χ3n) is 3.57. The summed E-state index contributed by atoms with van der Waals surface area (Å²) >= 11 is 0. The summed E-state index contributed by atoms with van der Waals surface area (Å²) in [6, 6.07) is 0. The van der Waals surface area contributed by atoms with Crippen molar-refractivity contribution in [3.63, 3.8) is 0 Å². The molecular formula is C16H36P6. The van der Waals surface area contributed by atoms with E-state index in [1.165, 1.54) is 0 Å². The van der Waals surface area contributed by atoms with E-state index in [0.29, 0.717) is 40.3 Å². The van der Waals surface area contributed by atoms with Crippen LogP contribution in [0.5, 0.6) is 0 Å². The molecular weight excluding hydrogens is 378 g/mol. The van der Waals surface area contributed by atoms with E-state index in [2.05, 4.69) is 83.1 Å². The third-order valence-corrected chi connectivity index (χ3v) is 75.0. The van der Waals surface area contributed by atoms with Crippen LogP contribution in [0.2, 0.25) is 0 Å².